The highest BCUT2D eigenvalue weighted by atomic mass is 35.5. The number of hydrogen-bond acceptors (Lipinski definition) is 2. The highest BCUT2D eigenvalue weighted by Crippen LogP contribution is 2.29. The summed E-state index contributed by atoms with van der Waals surface area (Å²) in [6.45, 7) is 2.75. The molecule has 1 aromatic rings. The molecular weight excluding hydrogens is 272 g/mol. The van der Waals surface area contributed by atoms with Gasteiger partial charge in [-0.2, -0.15) is 0 Å². The van der Waals surface area contributed by atoms with E-state index in [0.29, 0.717) is 12.6 Å². The van der Waals surface area contributed by atoms with Crippen LogP contribution in [-0.2, 0) is 11.3 Å². The molecule has 0 bridgehead atoms. The fourth-order valence-corrected chi connectivity index (χ4v) is 2.45. The smallest absolute Gasteiger partial charge is 0.240 e. The van der Waals surface area contributed by atoms with Crippen molar-refractivity contribution < 1.29 is 4.79 Å². The number of rotatable bonds is 7. The van der Waals surface area contributed by atoms with Crippen LogP contribution in [0.3, 0.4) is 0 Å². The van der Waals surface area contributed by atoms with Crippen LogP contribution in [0.15, 0.2) is 24.3 Å². The highest BCUT2D eigenvalue weighted by molar-refractivity contribution is 6.30. The number of halogens is 1. The van der Waals surface area contributed by atoms with E-state index in [1.807, 2.05) is 29.2 Å². The third-order valence-electron chi connectivity index (χ3n) is 3.72. The predicted octanol–water partition coefficient (Wildman–Crippen LogP) is 3.35. The largest absolute Gasteiger partial charge is 0.334 e. The Kier molecular flexibility index (Phi) is 5.44. The zero-order valence-corrected chi connectivity index (χ0v) is 12.8. The number of nitrogens with zero attached hydrogens (tertiary/aromatic N) is 1. The minimum atomic E-state index is -0.358. The lowest BCUT2D eigenvalue weighted by Crippen LogP contribution is -2.44. The maximum atomic E-state index is 12.5. The summed E-state index contributed by atoms with van der Waals surface area (Å²) in [5.41, 5.74) is 7.14. The van der Waals surface area contributed by atoms with Crippen molar-refractivity contribution in [1.29, 1.82) is 0 Å². The van der Waals surface area contributed by atoms with Crippen molar-refractivity contribution in [3.63, 3.8) is 0 Å². The summed E-state index contributed by atoms with van der Waals surface area (Å²) >= 11 is 5.89. The summed E-state index contributed by atoms with van der Waals surface area (Å²) in [7, 11) is 0. The van der Waals surface area contributed by atoms with Gasteiger partial charge in [0.2, 0.25) is 5.91 Å². The van der Waals surface area contributed by atoms with Gasteiger partial charge in [0.25, 0.3) is 0 Å². The lowest BCUT2D eigenvalue weighted by atomic mass is 10.1. The number of amides is 1. The van der Waals surface area contributed by atoms with Crippen LogP contribution in [0.5, 0.6) is 0 Å². The van der Waals surface area contributed by atoms with Gasteiger partial charge in [-0.3, -0.25) is 4.79 Å². The second kappa shape index (κ2) is 7.09. The van der Waals surface area contributed by atoms with E-state index in [9.17, 15) is 4.79 Å². The SMILES string of the molecule is CCCCC(N)C(=O)N(Cc1ccc(Cl)cc1)C1CC1. The third-order valence-corrected chi connectivity index (χ3v) is 3.97. The summed E-state index contributed by atoms with van der Waals surface area (Å²) in [6, 6.07) is 7.70. The Hall–Kier alpha value is -1.06. The van der Waals surface area contributed by atoms with Crippen molar-refractivity contribution in [2.24, 2.45) is 5.73 Å². The van der Waals surface area contributed by atoms with E-state index in [1.165, 1.54) is 0 Å². The fourth-order valence-electron chi connectivity index (χ4n) is 2.32. The van der Waals surface area contributed by atoms with Crippen LogP contribution in [0.4, 0.5) is 0 Å². The van der Waals surface area contributed by atoms with E-state index in [0.717, 1.165) is 42.7 Å². The number of carbonyl (C=O) groups excluding carboxylic acids is 1. The molecule has 110 valence electrons. The minimum Gasteiger partial charge on any atom is -0.334 e. The van der Waals surface area contributed by atoms with E-state index >= 15 is 0 Å². The lowest BCUT2D eigenvalue weighted by molar-refractivity contribution is -0.134. The van der Waals surface area contributed by atoms with E-state index in [4.69, 9.17) is 17.3 Å². The Bertz CT molecular complexity index is 442. The van der Waals surface area contributed by atoms with Crippen LogP contribution in [0.1, 0.15) is 44.6 Å². The van der Waals surface area contributed by atoms with E-state index in [1.54, 1.807) is 0 Å². The molecule has 1 fully saturated rings. The quantitative estimate of drug-likeness (QED) is 0.838. The van der Waals surface area contributed by atoms with Gasteiger partial charge >= 0.3 is 0 Å². The Morgan fingerprint density at radius 2 is 2.05 bits per heavy atom. The molecule has 1 aliphatic rings. The molecule has 0 radical (unpaired) electrons. The highest BCUT2D eigenvalue weighted by Gasteiger charge is 2.34. The van der Waals surface area contributed by atoms with E-state index in [-0.39, 0.29) is 11.9 Å². The molecule has 1 atom stereocenters. The zero-order chi connectivity index (χ0) is 14.5. The van der Waals surface area contributed by atoms with Crippen LogP contribution in [-0.4, -0.2) is 22.9 Å². The molecule has 1 aromatic carbocycles. The molecule has 1 saturated carbocycles. The first-order valence-corrected chi connectivity index (χ1v) is 7.80. The molecule has 0 aromatic heterocycles. The molecule has 3 nitrogen and oxygen atoms in total. The molecule has 1 aliphatic carbocycles. The van der Waals surface area contributed by atoms with Crippen LogP contribution in [0, 0.1) is 0 Å². The zero-order valence-electron chi connectivity index (χ0n) is 12.0. The van der Waals surface area contributed by atoms with Gasteiger partial charge in [-0.15, -0.1) is 0 Å². The summed E-state index contributed by atoms with van der Waals surface area (Å²) in [5.74, 6) is 0.0934. The van der Waals surface area contributed by atoms with Gasteiger partial charge < -0.3 is 10.6 Å². The van der Waals surface area contributed by atoms with E-state index in [2.05, 4.69) is 6.92 Å². The predicted molar refractivity (Wildman–Crippen MR) is 82.5 cm³/mol. The molecule has 0 spiro atoms. The first-order chi connectivity index (χ1) is 9.61. The Morgan fingerprint density at radius 3 is 2.60 bits per heavy atom. The molecular formula is C16H23ClN2O. The second-order valence-corrected chi connectivity index (χ2v) is 6.01. The van der Waals surface area contributed by atoms with Crippen molar-refractivity contribution in [2.75, 3.05) is 0 Å². The van der Waals surface area contributed by atoms with Crippen LogP contribution in [0.2, 0.25) is 5.02 Å². The molecule has 0 heterocycles. The minimum absolute atomic E-state index is 0.0934. The van der Waals surface area contributed by atoms with Gasteiger partial charge in [0, 0.05) is 17.6 Å². The molecule has 2 rings (SSSR count). The van der Waals surface area contributed by atoms with Gasteiger partial charge in [-0.25, -0.2) is 0 Å². The van der Waals surface area contributed by atoms with Crippen molar-refractivity contribution in [3.05, 3.63) is 34.9 Å². The normalized spacial score (nSPS) is 15.9. The van der Waals surface area contributed by atoms with Crippen LogP contribution in [0.25, 0.3) is 0 Å². The maximum absolute atomic E-state index is 12.5. The summed E-state index contributed by atoms with van der Waals surface area (Å²) in [4.78, 5) is 14.4. The Labute approximate surface area is 126 Å². The maximum Gasteiger partial charge on any atom is 0.240 e. The fraction of sp³-hybridized carbons (Fsp3) is 0.562. The van der Waals surface area contributed by atoms with Gasteiger partial charge in [-0.05, 0) is 37.0 Å². The van der Waals surface area contributed by atoms with Crippen molar-refractivity contribution in [2.45, 2.75) is 57.7 Å². The van der Waals surface area contributed by atoms with Gasteiger partial charge in [0.1, 0.15) is 0 Å². The molecule has 2 N–H and O–H groups in total. The monoisotopic (exact) mass is 294 g/mol. The number of benzene rings is 1. The summed E-state index contributed by atoms with van der Waals surface area (Å²) in [5, 5.41) is 0.720. The van der Waals surface area contributed by atoms with Crippen molar-refractivity contribution >= 4 is 17.5 Å². The summed E-state index contributed by atoms with van der Waals surface area (Å²) < 4.78 is 0. The first-order valence-electron chi connectivity index (χ1n) is 7.42. The Morgan fingerprint density at radius 1 is 1.40 bits per heavy atom. The first kappa shape index (κ1) is 15.3. The van der Waals surface area contributed by atoms with Crippen LogP contribution >= 0.6 is 11.6 Å². The average Bonchev–Trinajstić information content (AvgIpc) is 3.28. The number of unbranched alkanes of at least 4 members (excludes halogenated alkanes) is 1. The molecule has 0 saturated heterocycles. The van der Waals surface area contributed by atoms with Gasteiger partial charge in [0.15, 0.2) is 0 Å². The Balaban J connectivity index is 1.99. The molecule has 0 aliphatic heterocycles. The average molecular weight is 295 g/mol. The molecule has 1 unspecified atom stereocenters. The summed E-state index contributed by atoms with van der Waals surface area (Å²) in [6.07, 6.45) is 5.05. The number of hydrogen-bond donors (Lipinski definition) is 1. The second-order valence-electron chi connectivity index (χ2n) is 5.57. The topological polar surface area (TPSA) is 46.3 Å². The number of nitrogens with two attached hydrogens (primary N) is 1. The van der Waals surface area contributed by atoms with Gasteiger partial charge in [0.05, 0.1) is 6.04 Å². The molecule has 1 amide bonds. The van der Waals surface area contributed by atoms with E-state index < -0.39 is 0 Å². The van der Waals surface area contributed by atoms with Gasteiger partial charge in [-0.1, -0.05) is 43.5 Å². The molecule has 4 heteroatoms. The van der Waals surface area contributed by atoms with Crippen LogP contribution < -0.4 is 5.73 Å². The standard InChI is InChI=1S/C16H23ClN2O/c1-2-3-4-15(18)16(20)19(14-9-10-14)11-12-5-7-13(17)8-6-12/h5-8,14-15H,2-4,9-11,18H2,1H3. The molecule has 20 heavy (non-hydrogen) atoms. The third kappa shape index (κ3) is 4.22. The van der Waals surface area contributed by atoms with Crippen molar-refractivity contribution in [1.82, 2.24) is 4.90 Å². The number of carbonyl (C=O) groups is 1. The lowest BCUT2D eigenvalue weighted by Gasteiger charge is -2.26. The van der Waals surface area contributed by atoms with Crippen molar-refractivity contribution in [3.8, 4) is 0 Å².